The van der Waals surface area contributed by atoms with Gasteiger partial charge in [0.05, 0.1) is 25.4 Å². The lowest BCUT2D eigenvalue weighted by Gasteiger charge is -2.40. The fourth-order valence-electron chi connectivity index (χ4n) is 10.7. The molecule has 6 N–H and O–H groups in total. The van der Waals surface area contributed by atoms with Crippen LogP contribution in [0.5, 0.6) is 0 Å². The van der Waals surface area contributed by atoms with Gasteiger partial charge >= 0.3 is 0 Å². The number of hydrogen-bond donors (Lipinski definition) is 6. The topological polar surface area (TPSA) is 149 Å². The van der Waals surface area contributed by atoms with Crippen molar-refractivity contribution in [3.63, 3.8) is 0 Å². The molecule has 1 aliphatic rings. The van der Waals surface area contributed by atoms with Crippen molar-refractivity contribution in [1.29, 1.82) is 0 Å². The molecule has 0 spiro atoms. The van der Waals surface area contributed by atoms with Gasteiger partial charge in [-0.25, -0.2) is 0 Å². The van der Waals surface area contributed by atoms with Crippen molar-refractivity contribution in [2.45, 2.75) is 352 Å². The van der Waals surface area contributed by atoms with Gasteiger partial charge in [0, 0.05) is 6.42 Å². The van der Waals surface area contributed by atoms with Crippen LogP contribution >= 0.6 is 0 Å². The molecule has 81 heavy (non-hydrogen) atoms. The number of carbonyl (C=O) groups is 1. The zero-order valence-electron chi connectivity index (χ0n) is 52.5. The second-order valence-corrected chi connectivity index (χ2v) is 23.6. The Bertz CT molecular complexity index is 1550. The second-order valence-electron chi connectivity index (χ2n) is 23.6. The van der Waals surface area contributed by atoms with Gasteiger partial charge in [-0.1, -0.05) is 317 Å². The van der Waals surface area contributed by atoms with Crippen LogP contribution in [0.15, 0.2) is 85.1 Å². The number of ether oxygens (including phenoxy) is 2. The largest absolute Gasteiger partial charge is 0.394 e. The van der Waals surface area contributed by atoms with Crippen LogP contribution in [0.25, 0.3) is 0 Å². The molecule has 0 radical (unpaired) electrons. The fourth-order valence-corrected chi connectivity index (χ4v) is 10.7. The summed E-state index contributed by atoms with van der Waals surface area (Å²) in [6.45, 7) is 3.75. The number of aliphatic hydroxyl groups excluding tert-OH is 5. The van der Waals surface area contributed by atoms with E-state index < -0.39 is 49.5 Å². The third kappa shape index (κ3) is 49.4. The van der Waals surface area contributed by atoms with Gasteiger partial charge < -0.3 is 40.3 Å². The summed E-state index contributed by atoms with van der Waals surface area (Å²) >= 11 is 0. The van der Waals surface area contributed by atoms with Gasteiger partial charge in [0.1, 0.15) is 24.4 Å². The molecule has 0 aromatic heterocycles. The number of allylic oxidation sites excluding steroid dienone is 14. The first-order valence-corrected chi connectivity index (χ1v) is 34.3. The second kappa shape index (κ2) is 60.5. The van der Waals surface area contributed by atoms with Crippen LogP contribution in [-0.2, 0) is 14.3 Å². The minimum absolute atomic E-state index is 0.146. The third-order valence-corrected chi connectivity index (χ3v) is 16.0. The zero-order valence-corrected chi connectivity index (χ0v) is 52.5. The summed E-state index contributed by atoms with van der Waals surface area (Å²) in [5, 5.41) is 54.9. The summed E-state index contributed by atoms with van der Waals surface area (Å²) in [5.74, 6) is -0.155. The SMILES string of the molecule is CC/C=C\C/C=C\C/C=C\C/C=C\C/C=C\C/C=C\C/C=C\CCCCCCCCCC(=O)NC(COC1OC(CO)C(O)C(O)C1O)C(O)CCCCCCCCCCCCCCCCCCCCCCCCCCCCCCC. The Kier molecular flexibility index (Phi) is 57.0. The first-order chi connectivity index (χ1) is 39.8. The number of amides is 1. The number of carbonyl (C=O) groups excluding carboxylic acids is 1. The first-order valence-electron chi connectivity index (χ1n) is 34.3. The summed E-state index contributed by atoms with van der Waals surface area (Å²) in [5.41, 5.74) is 0. The number of hydrogen-bond acceptors (Lipinski definition) is 8. The van der Waals surface area contributed by atoms with Crippen molar-refractivity contribution in [2.24, 2.45) is 0 Å². The van der Waals surface area contributed by atoms with Gasteiger partial charge in [-0.05, 0) is 70.6 Å². The van der Waals surface area contributed by atoms with Crippen LogP contribution in [0.3, 0.4) is 0 Å². The summed E-state index contributed by atoms with van der Waals surface area (Å²) in [6, 6.07) is -0.733. The lowest BCUT2D eigenvalue weighted by molar-refractivity contribution is -0.302. The van der Waals surface area contributed by atoms with E-state index in [0.717, 1.165) is 96.3 Å². The average molecular weight is 1140 g/mol. The number of rotatable bonds is 59. The molecule has 1 aliphatic heterocycles. The molecule has 7 unspecified atom stereocenters. The minimum atomic E-state index is -1.56. The van der Waals surface area contributed by atoms with E-state index in [4.69, 9.17) is 9.47 Å². The molecule has 0 saturated carbocycles. The average Bonchev–Trinajstić information content (AvgIpc) is 3.51. The number of aliphatic hydroxyl groups is 5. The van der Waals surface area contributed by atoms with Crippen molar-refractivity contribution < 1.29 is 39.8 Å². The maximum Gasteiger partial charge on any atom is 0.220 e. The van der Waals surface area contributed by atoms with E-state index in [1.807, 2.05) is 0 Å². The molecule has 1 rings (SSSR count). The Balaban J connectivity index is 2.16. The van der Waals surface area contributed by atoms with Crippen molar-refractivity contribution in [3.05, 3.63) is 85.1 Å². The van der Waals surface area contributed by atoms with Crippen LogP contribution in [-0.4, -0.2) is 87.5 Å². The quantitative estimate of drug-likeness (QED) is 0.0261. The van der Waals surface area contributed by atoms with Gasteiger partial charge in [-0.3, -0.25) is 4.79 Å². The van der Waals surface area contributed by atoms with Crippen molar-refractivity contribution in [1.82, 2.24) is 5.32 Å². The molecule has 1 fully saturated rings. The molecule has 0 bridgehead atoms. The predicted octanol–water partition coefficient (Wildman–Crippen LogP) is 18.5. The normalized spacial score (nSPS) is 18.9. The monoisotopic (exact) mass is 1140 g/mol. The Morgan fingerprint density at radius 1 is 0.432 bits per heavy atom. The van der Waals surface area contributed by atoms with Crippen LogP contribution in [0.1, 0.15) is 309 Å². The van der Waals surface area contributed by atoms with Crippen LogP contribution in [0.2, 0.25) is 0 Å². The maximum atomic E-state index is 13.1. The third-order valence-electron chi connectivity index (χ3n) is 16.0. The van der Waals surface area contributed by atoms with Gasteiger partial charge in [0.15, 0.2) is 6.29 Å². The highest BCUT2D eigenvalue weighted by Crippen LogP contribution is 2.23. The molecular formula is C72H129NO8. The van der Waals surface area contributed by atoms with Crippen LogP contribution < -0.4 is 5.32 Å². The van der Waals surface area contributed by atoms with E-state index in [-0.39, 0.29) is 12.5 Å². The molecule has 7 atom stereocenters. The smallest absolute Gasteiger partial charge is 0.220 e. The van der Waals surface area contributed by atoms with E-state index in [0.29, 0.717) is 12.8 Å². The van der Waals surface area contributed by atoms with E-state index in [2.05, 4.69) is 104 Å². The van der Waals surface area contributed by atoms with Gasteiger partial charge in [-0.15, -0.1) is 0 Å². The lowest BCUT2D eigenvalue weighted by atomic mass is 9.99. The molecular weight excluding hydrogens is 1010 g/mol. The lowest BCUT2D eigenvalue weighted by Crippen LogP contribution is -2.60. The standard InChI is InChI=1S/C72H129NO8/c1-3-5-7-9-11-13-15-17-19-21-23-25-27-29-31-33-35-37-39-41-43-45-47-49-51-53-55-57-59-61-66(75)65(64-80-72-71(79)70(78)69(77)67(63-74)81-72)73-68(76)62-60-58-56-54-52-50-48-46-44-42-40-38-36-34-32-30-28-26-24-22-20-18-16-14-12-10-8-6-4-2/h6,8,12,14,18,20,24,26,30,32,36,38,42,44,65-67,69-72,74-75,77-79H,3-5,7,9-11,13,15-17,19,21-23,25,27-29,31,33-35,37,39-41,43,45-64H2,1-2H3,(H,73,76)/b8-6-,14-12-,20-18-,26-24-,32-30-,38-36-,44-42-. The molecule has 9 nitrogen and oxygen atoms in total. The Morgan fingerprint density at radius 2 is 0.765 bits per heavy atom. The summed E-state index contributed by atoms with van der Waals surface area (Å²) in [7, 11) is 0. The van der Waals surface area contributed by atoms with E-state index in [1.54, 1.807) is 0 Å². The Hall–Kier alpha value is -2.63. The Morgan fingerprint density at radius 3 is 1.14 bits per heavy atom. The van der Waals surface area contributed by atoms with E-state index >= 15 is 0 Å². The van der Waals surface area contributed by atoms with Crippen LogP contribution in [0.4, 0.5) is 0 Å². The van der Waals surface area contributed by atoms with Crippen molar-refractivity contribution in [2.75, 3.05) is 13.2 Å². The first kappa shape index (κ1) is 76.4. The summed E-state index contributed by atoms with van der Waals surface area (Å²) in [4.78, 5) is 13.1. The van der Waals surface area contributed by atoms with Crippen molar-refractivity contribution in [3.8, 4) is 0 Å². The zero-order chi connectivity index (χ0) is 58.6. The molecule has 470 valence electrons. The van der Waals surface area contributed by atoms with E-state index in [9.17, 15) is 30.3 Å². The molecule has 1 heterocycles. The molecule has 9 heteroatoms. The molecule has 1 amide bonds. The molecule has 0 aromatic rings. The van der Waals surface area contributed by atoms with Gasteiger partial charge in [-0.2, -0.15) is 0 Å². The van der Waals surface area contributed by atoms with E-state index in [1.165, 1.54) is 186 Å². The number of unbranched alkanes of at least 4 members (excludes halogenated alkanes) is 35. The molecule has 0 aliphatic carbocycles. The summed E-state index contributed by atoms with van der Waals surface area (Å²) < 4.78 is 11.4. The Labute approximate surface area is 499 Å². The summed E-state index contributed by atoms with van der Waals surface area (Å²) in [6.07, 6.45) is 79.2. The number of nitrogens with one attached hydrogen (secondary N) is 1. The predicted molar refractivity (Wildman–Crippen MR) is 345 cm³/mol. The van der Waals surface area contributed by atoms with Crippen LogP contribution in [0, 0.1) is 0 Å². The van der Waals surface area contributed by atoms with Gasteiger partial charge in [0.2, 0.25) is 5.91 Å². The molecule has 1 saturated heterocycles. The van der Waals surface area contributed by atoms with Gasteiger partial charge in [0.25, 0.3) is 0 Å². The molecule has 0 aromatic carbocycles. The highest BCUT2D eigenvalue weighted by atomic mass is 16.7. The maximum absolute atomic E-state index is 13.1. The van der Waals surface area contributed by atoms with Crippen molar-refractivity contribution >= 4 is 5.91 Å². The highest BCUT2D eigenvalue weighted by Gasteiger charge is 2.44. The minimum Gasteiger partial charge on any atom is -0.394 e. The highest BCUT2D eigenvalue weighted by molar-refractivity contribution is 5.76. The fraction of sp³-hybridized carbons (Fsp3) is 0.792.